The first-order chi connectivity index (χ1) is 25.2. The summed E-state index contributed by atoms with van der Waals surface area (Å²) in [5, 5.41) is 3.69. The minimum atomic E-state index is 0.920. The van der Waals surface area contributed by atoms with Gasteiger partial charge in [-0.1, -0.05) is 146 Å². The molecule has 0 saturated carbocycles. The summed E-state index contributed by atoms with van der Waals surface area (Å²) in [6.45, 7) is 2.14. The summed E-state index contributed by atoms with van der Waals surface area (Å²) < 4.78 is 6.29. The molecule has 8 aromatic carbocycles. The molecule has 9 rings (SSSR count). The molecule has 9 aromatic rings. The van der Waals surface area contributed by atoms with E-state index in [0.29, 0.717) is 0 Å². The van der Waals surface area contributed by atoms with E-state index in [2.05, 4.69) is 194 Å². The smallest absolute Gasteiger partial charge is 0.138 e. The Morgan fingerprint density at radius 2 is 0.882 bits per heavy atom. The van der Waals surface area contributed by atoms with Gasteiger partial charge in [-0.15, -0.1) is 0 Å². The lowest BCUT2D eigenvalue weighted by molar-refractivity contribution is 0.629. The van der Waals surface area contributed by atoms with Crippen LogP contribution in [0.15, 0.2) is 199 Å². The van der Waals surface area contributed by atoms with E-state index in [4.69, 9.17) is 4.42 Å². The van der Waals surface area contributed by atoms with E-state index in [1.165, 1.54) is 38.6 Å². The van der Waals surface area contributed by atoms with Crippen LogP contribution in [0.2, 0.25) is 0 Å². The molecule has 0 fully saturated rings. The largest absolute Gasteiger partial charge is 0.456 e. The second-order valence-corrected chi connectivity index (χ2v) is 13.0. The van der Waals surface area contributed by atoms with E-state index in [0.717, 1.165) is 50.5 Å². The van der Waals surface area contributed by atoms with Gasteiger partial charge < -0.3 is 9.32 Å². The molecule has 2 nitrogen and oxygen atoms in total. The summed E-state index contributed by atoms with van der Waals surface area (Å²) in [5.74, 6) is 0.925. The van der Waals surface area contributed by atoms with Crippen molar-refractivity contribution in [2.45, 2.75) is 6.92 Å². The zero-order chi connectivity index (χ0) is 34.1. The monoisotopic (exact) mass is 653 g/mol. The summed E-state index contributed by atoms with van der Waals surface area (Å²) in [5.41, 5.74) is 13.7. The first-order valence-electron chi connectivity index (χ1n) is 17.4. The van der Waals surface area contributed by atoms with Crippen molar-refractivity contribution >= 4 is 38.8 Å². The van der Waals surface area contributed by atoms with E-state index in [1.54, 1.807) is 0 Å². The molecule has 0 aliphatic carbocycles. The lowest BCUT2D eigenvalue weighted by Crippen LogP contribution is -2.09. The van der Waals surface area contributed by atoms with E-state index in [9.17, 15) is 0 Å². The molecule has 2 heteroatoms. The standard InChI is InChI=1S/C49H35NO/c1-34-45-17-7-8-20-48(45)51-49(34)41-14-9-13-40(33-41)37-27-31-44(32-28-37)50(42-15-3-2-4-16-42)43-29-25-36(26-30-43)35-21-23-39(24-22-35)47-19-10-12-38-11-5-6-18-46(38)47/h2-33H,1H3. The van der Waals surface area contributed by atoms with Crippen molar-refractivity contribution in [3.8, 4) is 44.7 Å². The second kappa shape index (κ2) is 13.0. The highest BCUT2D eigenvalue weighted by Gasteiger charge is 2.15. The highest BCUT2D eigenvalue weighted by atomic mass is 16.3. The molecule has 242 valence electrons. The lowest BCUT2D eigenvalue weighted by Gasteiger charge is -2.26. The quantitative estimate of drug-likeness (QED) is 0.170. The van der Waals surface area contributed by atoms with Gasteiger partial charge in [0, 0.05) is 33.6 Å². The number of anilines is 3. The van der Waals surface area contributed by atoms with Crippen molar-refractivity contribution in [2.24, 2.45) is 0 Å². The third-order valence-corrected chi connectivity index (χ3v) is 9.89. The maximum absolute atomic E-state index is 6.29. The second-order valence-electron chi connectivity index (χ2n) is 13.0. The molecule has 0 atom stereocenters. The number of hydrogen-bond donors (Lipinski definition) is 0. The van der Waals surface area contributed by atoms with Crippen LogP contribution in [0.3, 0.4) is 0 Å². The Morgan fingerprint density at radius 1 is 0.373 bits per heavy atom. The predicted octanol–water partition coefficient (Wildman–Crippen LogP) is 14.0. The molecule has 1 heterocycles. The molecule has 0 radical (unpaired) electrons. The Bertz CT molecular complexity index is 2610. The molecule has 0 saturated heterocycles. The molecule has 51 heavy (non-hydrogen) atoms. The van der Waals surface area contributed by atoms with Gasteiger partial charge in [0.1, 0.15) is 11.3 Å². The summed E-state index contributed by atoms with van der Waals surface area (Å²) in [4.78, 5) is 2.31. The number of hydrogen-bond acceptors (Lipinski definition) is 2. The Balaban J connectivity index is 1.00. The molecule has 1 aromatic heterocycles. The number of furan rings is 1. The molecule has 0 aliphatic heterocycles. The summed E-state index contributed by atoms with van der Waals surface area (Å²) in [6, 6.07) is 69.2. The Labute approximate surface area is 298 Å². The van der Waals surface area contributed by atoms with Crippen molar-refractivity contribution in [1.82, 2.24) is 0 Å². The van der Waals surface area contributed by atoms with Crippen molar-refractivity contribution < 1.29 is 4.42 Å². The highest BCUT2D eigenvalue weighted by Crippen LogP contribution is 2.39. The average molecular weight is 654 g/mol. The van der Waals surface area contributed by atoms with Gasteiger partial charge in [-0.3, -0.25) is 0 Å². The summed E-state index contributed by atoms with van der Waals surface area (Å²) in [7, 11) is 0. The van der Waals surface area contributed by atoms with E-state index in [-0.39, 0.29) is 0 Å². The maximum atomic E-state index is 6.29. The molecule has 0 unspecified atom stereocenters. The average Bonchev–Trinajstić information content (AvgIpc) is 3.55. The first kappa shape index (κ1) is 30.4. The van der Waals surface area contributed by atoms with Gasteiger partial charge in [-0.25, -0.2) is 0 Å². The molecule has 0 spiro atoms. The molecule has 0 bridgehead atoms. The number of rotatable bonds is 7. The van der Waals surface area contributed by atoms with Crippen molar-refractivity contribution in [3.05, 3.63) is 200 Å². The van der Waals surface area contributed by atoms with Crippen LogP contribution in [0.25, 0.3) is 66.4 Å². The van der Waals surface area contributed by atoms with Gasteiger partial charge in [-0.05, 0) is 99.6 Å². The number of nitrogens with zero attached hydrogens (tertiary/aromatic N) is 1. The number of aryl methyl sites for hydroxylation is 1. The fourth-order valence-electron chi connectivity index (χ4n) is 7.24. The summed E-state index contributed by atoms with van der Waals surface area (Å²) >= 11 is 0. The first-order valence-corrected chi connectivity index (χ1v) is 17.4. The van der Waals surface area contributed by atoms with Crippen LogP contribution >= 0.6 is 0 Å². The topological polar surface area (TPSA) is 16.4 Å². The van der Waals surface area contributed by atoms with Crippen LogP contribution in [-0.2, 0) is 0 Å². The van der Waals surface area contributed by atoms with Crippen LogP contribution in [0, 0.1) is 6.92 Å². The van der Waals surface area contributed by atoms with Crippen molar-refractivity contribution in [2.75, 3.05) is 4.90 Å². The lowest BCUT2D eigenvalue weighted by atomic mass is 9.96. The zero-order valence-electron chi connectivity index (χ0n) is 28.3. The van der Waals surface area contributed by atoms with Gasteiger partial charge in [0.05, 0.1) is 0 Å². The van der Waals surface area contributed by atoms with Crippen LogP contribution in [-0.4, -0.2) is 0 Å². The third kappa shape index (κ3) is 5.77. The van der Waals surface area contributed by atoms with Crippen molar-refractivity contribution in [1.29, 1.82) is 0 Å². The van der Waals surface area contributed by atoms with Gasteiger partial charge in [0.15, 0.2) is 0 Å². The molecular formula is C49H35NO. The Kier molecular flexibility index (Phi) is 7.75. The Hall–Kier alpha value is -6.64. The van der Waals surface area contributed by atoms with Gasteiger partial charge in [-0.2, -0.15) is 0 Å². The van der Waals surface area contributed by atoms with Gasteiger partial charge in [0.25, 0.3) is 0 Å². The number of benzene rings is 8. The molecule has 0 amide bonds. The normalized spacial score (nSPS) is 11.2. The number of fused-ring (bicyclic) bond motifs is 2. The van der Waals surface area contributed by atoms with Crippen LogP contribution < -0.4 is 4.90 Å². The zero-order valence-corrected chi connectivity index (χ0v) is 28.3. The minimum Gasteiger partial charge on any atom is -0.456 e. The maximum Gasteiger partial charge on any atom is 0.138 e. The highest BCUT2D eigenvalue weighted by molar-refractivity contribution is 5.97. The van der Waals surface area contributed by atoms with Crippen LogP contribution in [0.4, 0.5) is 17.1 Å². The molecule has 0 aliphatic rings. The van der Waals surface area contributed by atoms with Gasteiger partial charge >= 0.3 is 0 Å². The van der Waals surface area contributed by atoms with Crippen LogP contribution in [0.1, 0.15) is 5.56 Å². The van der Waals surface area contributed by atoms with Crippen LogP contribution in [0.5, 0.6) is 0 Å². The van der Waals surface area contributed by atoms with E-state index >= 15 is 0 Å². The molecule has 0 N–H and O–H groups in total. The minimum absolute atomic E-state index is 0.920. The van der Waals surface area contributed by atoms with Gasteiger partial charge in [0.2, 0.25) is 0 Å². The predicted molar refractivity (Wildman–Crippen MR) is 215 cm³/mol. The van der Waals surface area contributed by atoms with E-state index in [1.807, 2.05) is 12.1 Å². The van der Waals surface area contributed by atoms with Crippen molar-refractivity contribution in [3.63, 3.8) is 0 Å². The fraction of sp³-hybridized carbons (Fsp3) is 0.0204. The third-order valence-electron chi connectivity index (χ3n) is 9.89. The summed E-state index contributed by atoms with van der Waals surface area (Å²) in [6.07, 6.45) is 0. The van der Waals surface area contributed by atoms with E-state index < -0.39 is 0 Å². The SMILES string of the molecule is Cc1c(-c2cccc(-c3ccc(N(c4ccccc4)c4ccc(-c5ccc(-c6cccc7ccccc67)cc5)cc4)cc3)c2)oc2ccccc12. The molecular weight excluding hydrogens is 619 g/mol. The Morgan fingerprint density at radius 3 is 1.59 bits per heavy atom. The number of para-hydroxylation sites is 2. The fourth-order valence-corrected chi connectivity index (χ4v) is 7.24.